The van der Waals surface area contributed by atoms with Crippen molar-refractivity contribution in [2.45, 2.75) is 83.2 Å². The number of rotatable bonds is 7. The molecule has 0 radical (unpaired) electrons. The number of nitrogens with zero attached hydrogens (tertiary/aromatic N) is 3. The number of methoxy groups -OCH3 is 2. The van der Waals surface area contributed by atoms with Crippen molar-refractivity contribution >= 4 is 28.5 Å². The molecular formula is C42H54N4O6. The van der Waals surface area contributed by atoms with E-state index < -0.39 is 12.2 Å². The second kappa shape index (κ2) is 14.4. The van der Waals surface area contributed by atoms with E-state index in [4.69, 9.17) is 14.2 Å². The number of fused-ring (bicyclic) bond motifs is 2. The average Bonchev–Trinajstić information content (AvgIpc) is 3.80. The van der Waals surface area contributed by atoms with Gasteiger partial charge in [0.2, 0.25) is 0 Å². The van der Waals surface area contributed by atoms with Crippen LogP contribution in [0.25, 0.3) is 22.2 Å². The highest BCUT2D eigenvalue weighted by molar-refractivity contribution is 5.93. The summed E-state index contributed by atoms with van der Waals surface area (Å²) in [6.07, 6.45) is 7.23. The highest BCUT2D eigenvalue weighted by atomic mass is 16.6. The molecule has 2 saturated heterocycles. The zero-order valence-corrected chi connectivity index (χ0v) is 31.6. The van der Waals surface area contributed by atoms with Crippen molar-refractivity contribution in [3.05, 3.63) is 71.3 Å². The Labute approximate surface area is 307 Å². The molecule has 52 heavy (non-hydrogen) atoms. The summed E-state index contributed by atoms with van der Waals surface area (Å²) in [5, 5.41) is 13.3. The number of anilines is 1. The molecule has 1 aromatic heterocycles. The van der Waals surface area contributed by atoms with E-state index in [0.29, 0.717) is 13.0 Å². The number of carbonyl (C=O) groups is 2. The number of piperidine rings is 1. The lowest BCUT2D eigenvalue weighted by Crippen LogP contribution is -2.69. The molecule has 278 valence electrons. The third kappa shape index (κ3) is 5.74. The van der Waals surface area contributed by atoms with E-state index in [1.165, 1.54) is 30.7 Å². The van der Waals surface area contributed by atoms with Crippen LogP contribution in [0.5, 0.6) is 5.75 Å². The van der Waals surface area contributed by atoms with E-state index in [-0.39, 0.29) is 41.3 Å². The molecule has 4 aliphatic heterocycles. The number of aromatic nitrogens is 1. The van der Waals surface area contributed by atoms with Crippen molar-refractivity contribution in [3.8, 4) is 17.0 Å². The van der Waals surface area contributed by atoms with Gasteiger partial charge in [0, 0.05) is 92.2 Å². The van der Waals surface area contributed by atoms with Crippen LogP contribution in [0.3, 0.4) is 0 Å². The van der Waals surface area contributed by atoms with E-state index in [1.807, 2.05) is 13.8 Å². The number of aliphatic hydroxyl groups is 1. The molecule has 8 rings (SSSR count). The highest BCUT2D eigenvalue weighted by Gasteiger charge is 2.69. The number of nitrogens with one attached hydrogen (secondary N) is 1. The van der Waals surface area contributed by atoms with Crippen molar-refractivity contribution in [1.29, 1.82) is 0 Å². The molecule has 2 aromatic carbocycles. The molecule has 3 fully saturated rings. The van der Waals surface area contributed by atoms with Crippen LogP contribution in [-0.2, 0) is 31.0 Å². The number of benzene rings is 2. The molecule has 1 aliphatic carbocycles. The summed E-state index contributed by atoms with van der Waals surface area (Å²) in [4.78, 5) is 35.6. The number of likely N-dealkylation sites (tertiary alicyclic amines) is 1. The Hall–Kier alpha value is -4.12. The summed E-state index contributed by atoms with van der Waals surface area (Å²) in [6, 6.07) is 12.7. The molecule has 10 heteroatoms. The number of aromatic amines is 1. The van der Waals surface area contributed by atoms with Crippen LogP contribution < -0.4 is 9.64 Å². The van der Waals surface area contributed by atoms with Gasteiger partial charge in [0.05, 0.1) is 26.0 Å². The lowest BCUT2D eigenvalue weighted by molar-refractivity contribution is -0.166. The molecule has 7 unspecified atom stereocenters. The van der Waals surface area contributed by atoms with E-state index >= 15 is 0 Å². The standard InChI is InChI=1S/C40H48N4O6.C2H6/c1-6-24-16-25(17-34(46)49-5)21-43(20-24)22-29-26-10-7-8-12-31(26)41-35(29)28-18-30-32(19-33(28)48-4)42(3)39-36(47)37(50-23(2)45)27-11-9-14-44-15-13-40(30,39)38(27)44;1-2/h6-12,18-19,25,27,36-39,41,47H,13-17,20-22H2,1-5H3;1-2H3/b24-6+;. The van der Waals surface area contributed by atoms with Gasteiger partial charge in [-0.25, -0.2) is 0 Å². The quantitative estimate of drug-likeness (QED) is 0.232. The minimum Gasteiger partial charge on any atom is -0.496 e. The third-order valence-corrected chi connectivity index (χ3v) is 12.3. The van der Waals surface area contributed by atoms with Crippen molar-refractivity contribution in [1.82, 2.24) is 14.8 Å². The summed E-state index contributed by atoms with van der Waals surface area (Å²) in [5.74, 6) is 0.293. The molecule has 1 spiro atoms. The topological polar surface area (TPSA) is 108 Å². The van der Waals surface area contributed by atoms with Crippen molar-refractivity contribution in [2.24, 2.45) is 11.8 Å². The van der Waals surface area contributed by atoms with Crippen molar-refractivity contribution < 1.29 is 28.9 Å². The van der Waals surface area contributed by atoms with Crippen molar-refractivity contribution in [2.75, 3.05) is 52.3 Å². The van der Waals surface area contributed by atoms with Crippen LogP contribution in [0.2, 0.25) is 0 Å². The van der Waals surface area contributed by atoms with Gasteiger partial charge in [-0.05, 0) is 55.5 Å². The first-order valence-corrected chi connectivity index (χ1v) is 18.9. The number of ether oxygens (including phenoxy) is 3. The maximum Gasteiger partial charge on any atom is 0.305 e. The number of hydrogen-bond acceptors (Lipinski definition) is 9. The summed E-state index contributed by atoms with van der Waals surface area (Å²) >= 11 is 0. The number of allylic oxidation sites excluding steroid dienone is 1. The minimum atomic E-state index is -0.865. The summed E-state index contributed by atoms with van der Waals surface area (Å²) in [5.41, 5.74) is 7.50. The maximum atomic E-state index is 12.3. The lowest BCUT2D eigenvalue weighted by atomic mass is 9.58. The molecule has 10 nitrogen and oxygen atoms in total. The molecule has 0 amide bonds. The predicted molar refractivity (Wildman–Crippen MR) is 203 cm³/mol. The lowest BCUT2D eigenvalue weighted by Gasteiger charge is -2.54. The van der Waals surface area contributed by atoms with E-state index in [1.54, 1.807) is 7.11 Å². The molecule has 1 saturated carbocycles. The maximum absolute atomic E-state index is 12.3. The zero-order chi connectivity index (χ0) is 36.9. The number of hydrogen-bond donors (Lipinski definition) is 2. The van der Waals surface area contributed by atoms with Gasteiger partial charge in [-0.15, -0.1) is 0 Å². The van der Waals surface area contributed by atoms with Crippen molar-refractivity contribution in [3.63, 3.8) is 0 Å². The number of para-hydroxylation sites is 1. The number of aliphatic hydroxyl groups excluding tert-OH is 1. The number of carbonyl (C=O) groups excluding carboxylic acids is 2. The van der Waals surface area contributed by atoms with Crippen LogP contribution in [0.1, 0.15) is 58.1 Å². The smallest absolute Gasteiger partial charge is 0.305 e. The number of H-pyrrole nitrogens is 1. The Bertz CT molecular complexity index is 1900. The highest BCUT2D eigenvalue weighted by Crippen LogP contribution is 2.61. The molecule has 2 N–H and O–H groups in total. The SMILES string of the molecule is C/C=C1\CC(CC(=O)OC)CN(Cc2c(-c3cc4c(cc3OC)N(C)C3C(O)C(OC(C)=O)C5C=CCN6CCC43C56)[nH]c3ccccc23)C1.CC. The van der Waals surface area contributed by atoms with Crippen LogP contribution in [0.4, 0.5) is 5.69 Å². The average molecular weight is 711 g/mol. The Morgan fingerprint density at radius 3 is 2.65 bits per heavy atom. The summed E-state index contributed by atoms with van der Waals surface area (Å²) in [7, 11) is 5.24. The molecule has 3 aromatic rings. The molecule has 5 aliphatic rings. The van der Waals surface area contributed by atoms with Gasteiger partial charge < -0.3 is 29.2 Å². The van der Waals surface area contributed by atoms with Crippen LogP contribution in [0.15, 0.2) is 60.2 Å². The largest absolute Gasteiger partial charge is 0.496 e. The monoisotopic (exact) mass is 710 g/mol. The summed E-state index contributed by atoms with van der Waals surface area (Å²) in [6.45, 7) is 11.6. The van der Waals surface area contributed by atoms with Gasteiger partial charge in [0.25, 0.3) is 0 Å². The van der Waals surface area contributed by atoms with E-state index in [0.717, 1.165) is 72.6 Å². The molecular weight excluding hydrogens is 656 g/mol. The van der Waals surface area contributed by atoms with Gasteiger partial charge in [0.1, 0.15) is 18.0 Å². The van der Waals surface area contributed by atoms with Crippen LogP contribution in [-0.4, -0.2) is 104 Å². The Balaban J connectivity index is 0.00000207. The molecule has 0 bridgehead atoms. The van der Waals surface area contributed by atoms with Crippen LogP contribution >= 0.6 is 0 Å². The fourth-order valence-corrected chi connectivity index (χ4v) is 10.5. The first-order chi connectivity index (χ1) is 25.2. The zero-order valence-electron chi connectivity index (χ0n) is 31.6. The second-order valence-electron chi connectivity index (χ2n) is 14.9. The Morgan fingerprint density at radius 2 is 1.92 bits per heavy atom. The molecule has 7 atom stereocenters. The normalized spacial score (nSPS) is 30.0. The fraction of sp³-hybridized carbons (Fsp3) is 0.524. The third-order valence-electron chi connectivity index (χ3n) is 12.3. The second-order valence-corrected chi connectivity index (χ2v) is 14.9. The van der Waals surface area contributed by atoms with E-state index in [2.05, 4.69) is 88.3 Å². The summed E-state index contributed by atoms with van der Waals surface area (Å²) < 4.78 is 17.1. The first-order valence-electron chi connectivity index (χ1n) is 18.9. The fourth-order valence-electron chi connectivity index (χ4n) is 10.5. The predicted octanol–water partition coefficient (Wildman–Crippen LogP) is 5.82. The van der Waals surface area contributed by atoms with Crippen LogP contribution in [0, 0.1) is 11.8 Å². The van der Waals surface area contributed by atoms with Gasteiger partial charge >= 0.3 is 11.9 Å². The first kappa shape index (κ1) is 36.2. The Morgan fingerprint density at radius 1 is 1.13 bits per heavy atom. The number of likely N-dealkylation sites (N-methyl/N-ethyl adjacent to an activating group) is 1. The van der Waals surface area contributed by atoms with E-state index in [9.17, 15) is 14.7 Å². The van der Waals surface area contributed by atoms with Gasteiger partial charge in [-0.1, -0.05) is 55.8 Å². The minimum absolute atomic E-state index is 0.0803. The van der Waals surface area contributed by atoms with Gasteiger partial charge in [-0.2, -0.15) is 0 Å². The van der Waals surface area contributed by atoms with Gasteiger partial charge in [-0.3, -0.25) is 19.4 Å². The van der Waals surface area contributed by atoms with Gasteiger partial charge in [0.15, 0.2) is 0 Å². The molecule has 5 heterocycles. The number of esters is 2. The Kier molecular flexibility index (Phi) is 10.0.